The normalized spacial score (nSPS) is 24.7. The number of anilines is 1. The van der Waals surface area contributed by atoms with Crippen molar-refractivity contribution in [3.63, 3.8) is 0 Å². The molecular weight excluding hydrogens is 250 g/mol. The molecule has 0 N–H and O–H groups in total. The van der Waals surface area contributed by atoms with Crippen molar-refractivity contribution in [3.8, 4) is 0 Å². The Kier molecular flexibility index (Phi) is 2.86. The number of rotatable bonds is 1. The predicted octanol–water partition coefficient (Wildman–Crippen LogP) is 2.40. The molecule has 5 nitrogen and oxygen atoms in total. The summed E-state index contributed by atoms with van der Waals surface area (Å²) in [6.45, 7) is 5.52. The molecule has 2 unspecified atom stereocenters. The van der Waals surface area contributed by atoms with Gasteiger partial charge in [0.15, 0.2) is 10.8 Å². The highest BCUT2D eigenvalue weighted by Crippen LogP contribution is 2.27. The summed E-state index contributed by atoms with van der Waals surface area (Å²) in [5.74, 6) is 1.55. The Bertz CT molecular complexity index is 567. The molecule has 1 aliphatic rings. The van der Waals surface area contributed by atoms with Crippen molar-refractivity contribution in [2.75, 3.05) is 11.4 Å². The van der Waals surface area contributed by atoms with Gasteiger partial charge >= 0.3 is 0 Å². The molecule has 0 amide bonds. The van der Waals surface area contributed by atoms with Crippen molar-refractivity contribution < 1.29 is 0 Å². The lowest BCUT2D eigenvalue weighted by atomic mass is 9.95. The molecular formula is C12H16ClN5. The van der Waals surface area contributed by atoms with E-state index in [2.05, 4.69) is 33.9 Å². The average molecular weight is 266 g/mol. The van der Waals surface area contributed by atoms with E-state index in [1.165, 1.54) is 12.8 Å². The number of hydrogen-bond acceptors (Lipinski definition) is 4. The summed E-state index contributed by atoms with van der Waals surface area (Å²) in [6.07, 6.45) is 6.01. The van der Waals surface area contributed by atoms with Crippen LogP contribution in [0.2, 0.25) is 5.15 Å². The van der Waals surface area contributed by atoms with Crippen molar-refractivity contribution in [2.45, 2.75) is 32.7 Å². The van der Waals surface area contributed by atoms with Gasteiger partial charge in [-0.25, -0.2) is 4.98 Å². The summed E-state index contributed by atoms with van der Waals surface area (Å²) in [6, 6.07) is 0.487. The lowest BCUT2D eigenvalue weighted by Gasteiger charge is -2.36. The lowest BCUT2D eigenvalue weighted by Crippen LogP contribution is -2.42. The fourth-order valence-corrected chi connectivity index (χ4v) is 2.73. The van der Waals surface area contributed by atoms with Crippen LogP contribution in [-0.4, -0.2) is 32.2 Å². The second-order valence-electron chi connectivity index (χ2n) is 5.10. The van der Waals surface area contributed by atoms with E-state index >= 15 is 0 Å². The second-order valence-corrected chi connectivity index (χ2v) is 5.45. The molecule has 96 valence electrons. The Morgan fingerprint density at radius 1 is 1.28 bits per heavy atom. The molecule has 2 aromatic heterocycles. The second kappa shape index (κ2) is 4.39. The number of piperidine rings is 1. The standard InChI is InChI=1S/C12H16ClN5/c1-8-3-4-9(2)18(7-8)12-16-15-11-10(13)14-5-6-17(11)12/h5-6,8-9H,3-4,7H2,1-2H3. The zero-order chi connectivity index (χ0) is 12.7. The van der Waals surface area contributed by atoms with Gasteiger partial charge in [0.05, 0.1) is 0 Å². The van der Waals surface area contributed by atoms with Crippen LogP contribution in [0.4, 0.5) is 5.95 Å². The number of hydrogen-bond donors (Lipinski definition) is 0. The van der Waals surface area contributed by atoms with Crippen LogP contribution in [0.25, 0.3) is 5.65 Å². The topological polar surface area (TPSA) is 46.3 Å². The molecule has 18 heavy (non-hydrogen) atoms. The highest BCUT2D eigenvalue weighted by Gasteiger charge is 2.26. The summed E-state index contributed by atoms with van der Waals surface area (Å²) >= 11 is 6.02. The highest BCUT2D eigenvalue weighted by atomic mass is 35.5. The predicted molar refractivity (Wildman–Crippen MR) is 71.0 cm³/mol. The maximum atomic E-state index is 6.02. The zero-order valence-electron chi connectivity index (χ0n) is 10.5. The Hall–Kier alpha value is -1.36. The maximum Gasteiger partial charge on any atom is 0.232 e. The zero-order valence-corrected chi connectivity index (χ0v) is 11.3. The first-order chi connectivity index (χ1) is 8.66. The minimum Gasteiger partial charge on any atom is -0.338 e. The van der Waals surface area contributed by atoms with Gasteiger partial charge in [0.25, 0.3) is 0 Å². The first-order valence-corrected chi connectivity index (χ1v) is 6.66. The Balaban J connectivity index is 2.06. The Morgan fingerprint density at radius 3 is 2.94 bits per heavy atom. The van der Waals surface area contributed by atoms with E-state index in [0.29, 0.717) is 22.8 Å². The van der Waals surface area contributed by atoms with E-state index in [1.54, 1.807) is 6.20 Å². The van der Waals surface area contributed by atoms with Gasteiger partial charge in [0.1, 0.15) is 0 Å². The summed E-state index contributed by atoms with van der Waals surface area (Å²) in [5.41, 5.74) is 0.625. The molecule has 1 aliphatic heterocycles. The number of nitrogens with zero attached hydrogens (tertiary/aromatic N) is 5. The van der Waals surface area contributed by atoms with Crippen LogP contribution in [-0.2, 0) is 0 Å². The molecule has 3 rings (SSSR count). The fourth-order valence-electron chi connectivity index (χ4n) is 2.55. The molecule has 0 aliphatic carbocycles. The van der Waals surface area contributed by atoms with E-state index in [0.717, 1.165) is 12.5 Å². The van der Waals surface area contributed by atoms with Crippen LogP contribution in [0, 0.1) is 5.92 Å². The van der Waals surface area contributed by atoms with E-state index in [9.17, 15) is 0 Å². The van der Waals surface area contributed by atoms with Crippen molar-refractivity contribution in [1.29, 1.82) is 0 Å². The molecule has 2 aromatic rings. The van der Waals surface area contributed by atoms with Gasteiger partial charge in [-0.1, -0.05) is 18.5 Å². The van der Waals surface area contributed by atoms with Crippen LogP contribution in [0.1, 0.15) is 26.7 Å². The lowest BCUT2D eigenvalue weighted by molar-refractivity contribution is 0.385. The third-order valence-corrected chi connectivity index (χ3v) is 3.91. The monoisotopic (exact) mass is 265 g/mol. The summed E-state index contributed by atoms with van der Waals surface area (Å²) in [5, 5.41) is 8.81. The highest BCUT2D eigenvalue weighted by molar-refractivity contribution is 6.32. The smallest absolute Gasteiger partial charge is 0.232 e. The molecule has 0 spiro atoms. The van der Waals surface area contributed by atoms with E-state index in [-0.39, 0.29) is 0 Å². The van der Waals surface area contributed by atoms with Gasteiger partial charge in [-0.05, 0) is 25.7 Å². The van der Waals surface area contributed by atoms with Crippen LogP contribution in [0.15, 0.2) is 12.4 Å². The van der Waals surface area contributed by atoms with Gasteiger partial charge in [0, 0.05) is 25.0 Å². The maximum absolute atomic E-state index is 6.02. The van der Waals surface area contributed by atoms with Gasteiger partial charge in [0.2, 0.25) is 5.95 Å². The number of aromatic nitrogens is 4. The average Bonchev–Trinajstić information content (AvgIpc) is 2.77. The minimum atomic E-state index is 0.397. The van der Waals surface area contributed by atoms with E-state index < -0.39 is 0 Å². The van der Waals surface area contributed by atoms with Gasteiger partial charge in [-0.3, -0.25) is 4.40 Å². The molecule has 6 heteroatoms. The van der Waals surface area contributed by atoms with Gasteiger partial charge < -0.3 is 4.90 Å². The Labute approximate surface area is 111 Å². The third kappa shape index (κ3) is 1.82. The van der Waals surface area contributed by atoms with Crippen LogP contribution >= 0.6 is 11.6 Å². The molecule has 3 heterocycles. The fraction of sp³-hybridized carbons (Fsp3) is 0.583. The molecule has 0 radical (unpaired) electrons. The van der Waals surface area contributed by atoms with Gasteiger partial charge in [-0.2, -0.15) is 0 Å². The first-order valence-electron chi connectivity index (χ1n) is 6.28. The Morgan fingerprint density at radius 2 is 2.11 bits per heavy atom. The van der Waals surface area contributed by atoms with E-state index in [4.69, 9.17) is 11.6 Å². The molecule has 1 saturated heterocycles. The van der Waals surface area contributed by atoms with Crippen LogP contribution < -0.4 is 4.90 Å². The SMILES string of the molecule is CC1CCC(C)N(c2nnc3c(Cl)nccn23)C1. The van der Waals surface area contributed by atoms with Gasteiger partial charge in [-0.15, -0.1) is 10.2 Å². The summed E-state index contributed by atoms with van der Waals surface area (Å²) in [7, 11) is 0. The number of fused-ring (bicyclic) bond motifs is 1. The van der Waals surface area contributed by atoms with Crippen molar-refractivity contribution in [3.05, 3.63) is 17.5 Å². The quantitative estimate of drug-likeness (QED) is 0.794. The molecule has 0 bridgehead atoms. The largest absolute Gasteiger partial charge is 0.338 e. The molecule has 0 aromatic carbocycles. The van der Waals surface area contributed by atoms with E-state index in [1.807, 2.05) is 10.6 Å². The molecule has 0 saturated carbocycles. The summed E-state index contributed by atoms with van der Waals surface area (Å²) < 4.78 is 1.92. The summed E-state index contributed by atoms with van der Waals surface area (Å²) in [4.78, 5) is 6.33. The van der Waals surface area contributed by atoms with Crippen molar-refractivity contribution in [2.24, 2.45) is 5.92 Å². The van der Waals surface area contributed by atoms with Crippen LogP contribution in [0.3, 0.4) is 0 Å². The minimum absolute atomic E-state index is 0.397. The van der Waals surface area contributed by atoms with Crippen molar-refractivity contribution >= 4 is 23.2 Å². The number of halogens is 1. The van der Waals surface area contributed by atoms with Crippen molar-refractivity contribution in [1.82, 2.24) is 19.6 Å². The molecule has 1 fully saturated rings. The van der Waals surface area contributed by atoms with Crippen LogP contribution in [0.5, 0.6) is 0 Å². The molecule has 2 atom stereocenters. The first kappa shape index (κ1) is 11.7. The third-order valence-electron chi connectivity index (χ3n) is 3.64.